The average molecular weight is 876 g/mol. The number of ether oxygens (including phenoxy) is 2. The van der Waals surface area contributed by atoms with Gasteiger partial charge in [-0.25, -0.2) is 8.42 Å². The summed E-state index contributed by atoms with van der Waals surface area (Å²) in [5, 5.41) is 4.24. The summed E-state index contributed by atoms with van der Waals surface area (Å²) in [4.78, 5) is 17.0. The Hall–Kier alpha value is -2.27. The zero-order chi connectivity index (χ0) is 43.8. The van der Waals surface area contributed by atoms with Crippen molar-refractivity contribution in [2.24, 2.45) is 56.7 Å². The van der Waals surface area contributed by atoms with Gasteiger partial charge in [0.05, 0.1) is 23.0 Å². The van der Waals surface area contributed by atoms with E-state index >= 15 is 0 Å². The topological polar surface area (TPSA) is 97.8 Å². The van der Waals surface area contributed by atoms with E-state index in [9.17, 15) is 13.2 Å². The molecule has 7 aliphatic rings. The summed E-state index contributed by atoms with van der Waals surface area (Å²) in [7, 11) is -2.87. The van der Waals surface area contributed by atoms with Crippen molar-refractivity contribution in [3.63, 3.8) is 0 Å². The van der Waals surface area contributed by atoms with E-state index in [0.717, 1.165) is 36.4 Å². The van der Waals surface area contributed by atoms with E-state index in [4.69, 9.17) is 9.47 Å². The van der Waals surface area contributed by atoms with E-state index in [1.165, 1.54) is 79.6 Å². The Bertz CT molecular complexity index is 2060. The first-order chi connectivity index (χ1) is 28.7. The number of nitrogens with one attached hydrogen (secondary N) is 1. The molecule has 1 unspecified atom stereocenters. The Kier molecular flexibility index (Phi) is 12.1. The van der Waals surface area contributed by atoms with Gasteiger partial charge in [0.2, 0.25) is 5.88 Å². The van der Waals surface area contributed by atoms with Gasteiger partial charge in [-0.15, -0.1) is 0 Å². The number of hydrogen-bond acceptors (Lipinski definition) is 9. The van der Waals surface area contributed by atoms with Gasteiger partial charge in [0.25, 0.3) is 0 Å². The zero-order valence-corrected chi connectivity index (χ0v) is 40.6. The van der Waals surface area contributed by atoms with Gasteiger partial charge in [-0.3, -0.25) is 4.79 Å². The van der Waals surface area contributed by atoms with Gasteiger partial charge in [-0.05, 0) is 177 Å². The van der Waals surface area contributed by atoms with E-state index in [1.54, 1.807) is 0 Å². The lowest BCUT2D eigenvalue weighted by Crippen LogP contribution is -2.68. The van der Waals surface area contributed by atoms with Crippen LogP contribution in [0.25, 0.3) is 5.57 Å². The second-order valence-electron chi connectivity index (χ2n) is 22.3. The molecule has 0 amide bonds. The number of sulfone groups is 1. The number of fused-ring (bicyclic) bond motifs is 7. The maximum absolute atomic E-state index is 13.6. The Morgan fingerprint density at radius 2 is 1.69 bits per heavy atom. The average Bonchev–Trinajstić information content (AvgIpc) is 3.85. The predicted octanol–water partition coefficient (Wildman–Crippen LogP) is 10.5. The molecule has 0 aromatic carbocycles. The van der Waals surface area contributed by atoms with Crippen LogP contribution >= 0.6 is 11.5 Å². The normalized spacial score (nSPS) is 40.3. The number of rotatable bonds is 12. The second-order valence-corrected chi connectivity index (χ2v) is 25.4. The molecule has 0 bridgehead atoms. The third-order valence-electron chi connectivity index (χ3n) is 19.1. The van der Waals surface area contributed by atoms with E-state index in [0.29, 0.717) is 79.5 Å². The molecule has 61 heavy (non-hydrogen) atoms. The van der Waals surface area contributed by atoms with E-state index in [-0.39, 0.29) is 39.8 Å². The molecule has 10 atom stereocenters. The molecule has 5 fully saturated rings. The van der Waals surface area contributed by atoms with Gasteiger partial charge in [0.15, 0.2) is 9.84 Å². The molecule has 1 N–H and O–H groups in total. The Labute approximate surface area is 372 Å². The highest BCUT2D eigenvalue weighted by molar-refractivity contribution is 7.91. The number of allylic oxidation sites excluding steroid dienone is 6. The van der Waals surface area contributed by atoms with Crippen molar-refractivity contribution in [1.29, 1.82) is 0 Å². The van der Waals surface area contributed by atoms with Crippen molar-refractivity contribution in [3.8, 4) is 5.88 Å². The van der Waals surface area contributed by atoms with Crippen LogP contribution < -0.4 is 10.1 Å². The number of carbonyl (C=O) groups excluding carboxylic acids is 1. The quantitative estimate of drug-likeness (QED) is 0.164. The predicted molar refractivity (Wildman–Crippen MR) is 249 cm³/mol. The molecular weight excluding hydrogens is 799 g/mol. The fraction of sp³-hybridized carbons (Fsp3) is 0.765. The summed E-state index contributed by atoms with van der Waals surface area (Å²) >= 11 is 1.38. The lowest BCUT2D eigenvalue weighted by atomic mass is 9.33. The fourth-order valence-corrected chi connectivity index (χ4v) is 17.5. The smallest absolute Gasteiger partial charge is 0.315 e. The minimum Gasteiger partial charge on any atom is -0.476 e. The number of hydrogen-bond donors (Lipinski definition) is 1. The van der Waals surface area contributed by atoms with Crippen molar-refractivity contribution in [2.45, 2.75) is 138 Å². The van der Waals surface area contributed by atoms with Crippen LogP contribution in [0.3, 0.4) is 0 Å². The first kappa shape index (κ1) is 45.3. The summed E-state index contributed by atoms with van der Waals surface area (Å²) < 4.78 is 40.6. The maximum Gasteiger partial charge on any atom is 0.315 e. The molecule has 1 aliphatic heterocycles. The summed E-state index contributed by atoms with van der Waals surface area (Å²) in [6.45, 7) is 31.8. The third-order valence-corrected chi connectivity index (χ3v) is 21.6. The van der Waals surface area contributed by atoms with Crippen molar-refractivity contribution in [1.82, 2.24) is 14.6 Å². The third kappa shape index (κ3) is 7.59. The maximum atomic E-state index is 13.6. The first-order valence-corrected chi connectivity index (χ1v) is 26.5. The lowest BCUT2D eigenvalue weighted by Gasteiger charge is -2.72. The Morgan fingerprint density at radius 3 is 2.34 bits per heavy atom. The number of aromatic nitrogens is 1. The molecule has 6 aliphatic carbocycles. The highest BCUT2D eigenvalue weighted by Gasteiger charge is 2.70. The van der Waals surface area contributed by atoms with Gasteiger partial charge >= 0.3 is 5.97 Å². The van der Waals surface area contributed by atoms with Gasteiger partial charge in [-0.1, -0.05) is 65.5 Å². The molecule has 8 nitrogen and oxygen atoms in total. The van der Waals surface area contributed by atoms with Gasteiger partial charge in [0, 0.05) is 37.8 Å². The monoisotopic (exact) mass is 876 g/mol. The highest BCUT2D eigenvalue weighted by atomic mass is 32.2. The highest BCUT2D eigenvalue weighted by Crippen LogP contribution is 2.76. The van der Waals surface area contributed by atoms with Crippen LogP contribution in [0.1, 0.15) is 137 Å². The van der Waals surface area contributed by atoms with Crippen LogP contribution in [0.4, 0.5) is 0 Å². The molecule has 2 heterocycles. The molecule has 8 rings (SSSR count). The lowest BCUT2D eigenvalue weighted by molar-refractivity contribution is -0.221. The molecular formula is C51H77N3O5S2. The van der Waals surface area contributed by atoms with Gasteiger partial charge < -0.3 is 19.7 Å². The molecule has 338 valence electrons. The second kappa shape index (κ2) is 16.3. The van der Waals surface area contributed by atoms with Crippen LogP contribution in [-0.4, -0.2) is 80.1 Å². The summed E-state index contributed by atoms with van der Waals surface area (Å²) in [6.07, 6.45) is 18.4. The summed E-state index contributed by atoms with van der Waals surface area (Å²) in [6, 6.07) is 1.93. The van der Waals surface area contributed by atoms with Crippen molar-refractivity contribution in [2.75, 3.05) is 50.9 Å². The largest absolute Gasteiger partial charge is 0.476 e. The molecule has 0 spiro atoms. The summed E-state index contributed by atoms with van der Waals surface area (Å²) in [5.41, 5.74) is 5.46. The van der Waals surface area contributed by atoms with Gasteiger partial charge in [0.1, 0.15) is 12.0 Å². The van der Waals surface area contributed by atoms with Crippen molar-refractivity contribution < 1.29 is 22.7 Å². The van der Waals surface area contributed by atoms with Crippen molar-refractivity contribution >= 4 is 32.9 Å². The number of esters is 1. The molecule has 1 aromatic rings. The van der Waals surface area contributed by atoms with E-state index < -0.39 is 15.3 Å². The molecule has 1 saturated heterocycles. The van der Waals surface area contributed by atoms with Crippen LogP contribution in [0.5, 0.6) is 5.88 Å². The molecule has 10 heteroatoms. The van der Waals surface area contributed by atoms with Crippen molar-refractivity contribution in [3.05, 3.63) is 53.0 Å². The van der Waals surface area contributed by atoms with Crippen LogP contribution in [0.2, 0.25) is 0 Å². The van der Waals surface area contributed by atoms with Crippen LogP contribution in [0, 0.1) is 56.7 Å². The van der Waals surface area contributed by atoms with Crippen LogP contribution in [0.15, 0.2) is 48.1 Å². The van der Waals surface area contributed by atoms with E-state index in [2.05, 4.69) is 81.4 Å². The first-order valence-electron chi connectivity index (χ1n) is 23.9. The molecule has 0 radical (unpaired) electrons. The van der Waals surface area contributed by atoms with Gasteiger partial charge in [-0.2, -0.15) is 4.37 Å². The minimum absolute atomic E-state index is 0.0264. The Balaban J connectivity index is 1.01. The molecule has 4 saturated carbocycles. The SMILES string of the molecule is C=C(C)c1cc(OCC2(C(=O)OCC)CC=C(C3=CC[C@]4(C)[C@H]5CC[C@@H]6[C@H]7[C@H](C(=C)C)CC[C@]7(NCCN7CCS(=O)(=O)CC7)CC[C@@]6(C)[C@]5(C)CC[C@H]4C3(C)C)CC2)ns1. The van der Waals surface area contributed by atoms with E-state index in [1.807, 2.05) is 19.9 Å². The molecule has 1 aromatic heterocycles. The number of nitrogens with zero attached hydrogens (tertiary/aromatic N) is 2. The zero-order valence-electron chi connectivity index (χ0n) is 38.9. The minimum atomic E-state index is -2.87. The summed E-state index contributed by atoms with van der Waals surface area (Å²) in [5.74, 6) is 4.07. The number of carbonyl (C=O) groups is 1. The fourth-order valence-electron chi connectivity index (χ4n) is 15.6. The Morgan fingerprint density at radius 1 is 0.934 bits per heavy atom. The van der Waals surface area contributed by atoms with Crippen LogP contribution in [-0.2, 0) is 19.4 Å². The standard InChI is InChI=1S/C51H77N3O5S2/c1-11-58-45(55)50(33-59-43-32-40(35(4)5)60-53-43)21-14-36(15-22-50)38-17-19-47(8)41(46(38,6)7)18-20-49(10)42(47)13-12-39-44-37(34(2)3)16-23-51(44,25-24-48(39,49)9)52-26-27-54-28-30-61(56,57)31-29-54/h14,17,32,37,39,41-42,44,52H,2,4,11-13,15-16,18-31,33H2,1,3,5-10H3/t37-,39+,41-,42+,44+,47-,48+,49+,50?,51-/m0/s1.